The lowest BCUT2D eigenvalue weighted by molar-refractivity contribution is 0.136. The van der Waals surface area contributed by atoms with Crippen LogP contribution in [0.1, 0.15) is 29.2 Å². The summed E-state index contributed by atoms with van der Waals surface area (Å²) in [7, 11) is 0. The molecule has 0 bridgehead atoms. The Morgan fingerprint density at radius 2 is 2.00 bits per heavy atom. The Labute approximate surface area is 161 Å². The van der Waals surface area contributed by atoms with Crippen molar-refractivity contribution >= 4 is 16.3 Å². The molecule has 1 atom stereocenters. The molecular weight excluding hydrogens is 368 g/mol. The number of thiazole rings is 1. The molecule has 3 rings (SSSR count). The van der Waals surface area contributed by atoms with Crippen molar-refractivity contribution in [2.24, 2.45) is 0 Å². The van der Waals surface area contributed by atoms with Gasteiger partial charge in [0.05, 0.1) is 30.7 Å². The molecule has 146 valence electrons. The van der Waals surface area contributed by atoms with Gasteiger partial charge >= 0.3 is 0 Å². The molecule has 1 unspecified atom stereocenters. The number of aliphatic hydroxyl groups excluding tert-OH is 2. The summed E-state index contributed by atoms with van der Waals surface area (Å²) < 4.78 is 7.04. The summed E-state index contributed by atoms with van der Waals surface area (Å²) in [4.78, 5) is 7.51. The van der Waals surface area contributed by atoms with Crippen molar-refractivity contribution in [1.29, 1.82) is 0 Å². The quantitative estimate of drug-likeness (QED) is 0.508. The molecule has 9 heteroatoms. The Balaban J connectivity index is 2.12. The minimum absolute atomic E-state index is 0.0169. The van der Waals surface area contributed by atoms with Crippen LogP contribution < -0.4 is 4.74 Å². The van der Waals surface area contributed by atoms with Gasteiger partial charge in [0.25, 0.3) is 0 Å². The number of nitrogens with zero attached hydrogens (tertiary/aromatic N) is 4. The van der Waals surface area contributed by atoms with Crippen molar-refractivity contribution in [2.45, 2.75) is 19.9 Å². The number of ether oxygens (including phenoxy) is 1. The van der Waals surface area contributed by atoms with E-state index < -0.39 is 0 Å². The van der Waals surface area contributed by atoms with Gasteiger partial charge in [0, 0.05) is 13.1 Å². The van der Waals surface area contributed by atoms with Crippen molar-refractivity contribution in [3.05, 3.63) is 40.5 Å². The minimum Gasteiger partial charge on any atom is -0.494 e. The maximum Gasteiger partial charge on any atom is 0.230 e. The van der Waals surface area contributed by atoms with E-state index in [2.05, 4.69) is 10.1 Å². The van der Waals surface area contributed by atoms with Gasteiger partial charge in [0.15, 0.2) is 0 Å². The first kappa shape index (κ1) is 19.6. The number of hydrogen-bond acceptors (Lipinski definition) is 8. The summed E-state index contributed by atoms with van der Waals surface area (Å²) in [6.45, 7) is 4.79. The molecule has 0 aliphatic rings. The van der Waals surface area contributed by atoms with Gasteiger partial charge in [-0.05, 0) is 31.5 Å². The molecule has 3 aromatic rings. The maximum absolute atomic E-state index is 10.8. The third-order valence-corrected chi connectivity index (χ3v) is 5.25. The summed E-state index contributed by atoms with van der Waals surface area (Å²) in [6.07, 6.45) is 0. The van der Waals surface area contributed by atoms with Crippen molar-refractivity contribution in [3.63, 3.8) is 0 Å². The van der Waals surface area contributed by atoms with E-state index in [9.17, 15) is 15.3 Å². The predicted molar refractivity (Wildman–Crippen MR) is 102 cm³/mol. The fourth-order valence-corrected chi connectivity index (χ4v) is 4.28. The third-order valence-electron chi connectivity index (χ3n) is 4.18. The fraction of sp³-hybridized carbons (Fsp3) is 0.444. The highest BCUT2D eigenvalue weighted by molar-refractivity contribution is 7.17. The number of benzene rings is 1. The molecule has 2 aromatic heterocycles. The molecular formula is C18H24N4O4S. The van der Waals surface area contributed by atoms with Crippen LogP contribution >= 0.6 is 11.3 Å². The van der Waals surface area contributed by atoms with Crippen molar-refractivity contribution in [1.82, 2.24) is 19.5 Å². The van der Waals surface area contributed by atoms with Crippen LogP contribution in [0, 0.1) is 6.92 Å². The number of fused-ring (bicyclic) bond motifs is 1. The first-order chi connectivity index (χ1) is 13.1. The van der Waals surface area contributed by atoms with Crippen molar-refractivity contribution < 1.29 is 20.1 Å². The van der Waals surface area contributed by atoms with E-state index in [1.165, 1.54) is 15.9 Å². The standard InChI is InChI=1S/C18H24N4O4S/c1-3-26-14-6-4-5-13(11-14)15(21(7-9-23)8-10-24)16-17(25)22-18(27-16)19-12(2)20-22/h4-6,11,15,23-25H,3,7-10H2,1-2H3. The molecule has 27 heavy (non-hydrogen) atoms. The molecule has 0 fully saturated rings. The van der Waals surface area contributed by atoms with E-state index in [1.807, 2.05) is 36.1 Å². The number of rotatable bonds is 9. The van der Waals surface area contributed by atoms with Gasteiger partial charge in [-0.2, -0.15) is 4.52 Å². The van der Waals surface area contributed by atoms with E-state index in [0.29, 0.717) is 35.4 Å². The van der Waals surface area contributed by atoms with E-state index in [0.717, 1.165) is 11.3 Å². The van der Waals surface area contributed by atoms with Gasteiger partial charge in [-0.3, -0.25) is 4.90 Å². The first-order valence-corrected chi connectivity index (χ1v) is 9.64. The lowest BCUT2D eigenvalue weighted by atomic mass is 10.0. The molecule has 0 amide bonds. The third kappa shape index (κ3) is 4.06. The smallest absolute Gasteiger partial charge is 0.230 e. The Morgan fingerprint density at radius 1 is 1.26 bits per heavy atom. The maximum atomic E-state index is 10.8. The largest absolute Gasteiger partial charge is 0.494 e. The zero-order valence-corrected chi connectivity index (χ0v) is 16.2. The topological polar surface area (TPSA) is 103 Å². The number of hydrogen-bond donors (Lipinski definition) is 3. The molecule has 8 nitrogen and oxygen atoms in total. The van der Waals surface area contributed by atoms with Crippen LogP contribution in [0.5, 0.6) is 11.6 Å². The Bertz CT molecular complexity index is 889. The average molecular weight is 392 g/mol. The Hall–Kier alpha value is -2.20. The molecule has 0 saturated heterocycles. The van der Waals surface area contributed by atoms with Crippen LogP contribution in [0.2, 0.25) is 0 Å². The van der Waals surface area contributed by atoms with Gasteiger partial charge in [0.1, 0.15) is 11.6 Å². The van der Waals surface area contributed by atoms with Gasteiger partial charge in [-0.1, -0.05) is 23.5 Å². The lowest BCUT2D eigenvalue weighted by Gasteiger charge is -2.30. The van der Waals surface area contributed by atoms with Gasteiger partial charge in [-0.25, -0.2) is 4.98 Å². The molecule has 0 radical (unpaired) electrons. The second-order valence-corrected chi connectivity index (χ2v) is 7.04. The monoisotopic (exact) mass is 392 g/mol. The second kappa shape index (κ2) is 8.66. The molecule has 0 saturated carbocycles. The highest BCUT2D eigenvalue weighted by atomic mass is 32.1. The SMILES string of the molecule is CCOc1cccc(C(c2sc3nc(C)nn3c2O)N(CCO)CCO)c1. The van der Waals surface area contributed by atoms with Crippen molar-refractivity contribution in [3.8, 4) is 11.6 Å². The van der Waals surface area contributed by atoms with E-state index in [1.54, 1.807) is 6.92 Å². The molecule has 0 spiro atoms. The summed E-state index contributed by atoms with van der Waals surface area (Å²) in [5, 5.41) is 34.0. The number of aromatic hydroxyl groups is 1. The molecule has 0 aliphatic heterocycles. The van der Waals surface area contributed by atoms with Crippen LogP contribution in [0.15, 0.2) is 24.3 Å². The van der Waals surface area contributed by atoms with Crippen LogP contribution in [0.25, 0.3) is 4.96 Å². The second-order valence-electron chi connectivity index (χ2n) is 6.03. The summed E-state index contributed by atoms with van der Waals surface area (Å²) in [5.41, 5.74) is 0.888. The molecule has 2 heterocycles. The Kier molecular flexibility index (Phi) is 6.27. The minimum atomic E-state index is -0.376. The van der Waals surface area contributed by atoms with Gasteiger partial charge in [-0.15, -0.1) is 5.10 Å². The number of aliphatic hydroxyl groups is 2. The van der Waals surface area contributed by atoms with Gasteiger partial charge < -0.3 is 20.1 Å². The van der Waals surface area contributed by atoms with Crippen LogP contribution in [-0.2, 0) is 0 Å². The van der Waals surface area contributed by atoms with E-state index in [4.69, 9.17) is 4.74 Å². The van der Waals surface area contributed by atoms with Gasteiger partial charge in [0.2, 0.25) is 10.8 Å². The normalized spacial score (nSPS) is 12.8. The first-order valence-electron chi connectivity index (χ1n) is 8.82. The van der Waals surface area contributed by atoms with Crippen LogP contribution in [-0.4, -0.2) is 67.7 Å². The van der Waals surface area contributed by atoms with E-state index in [-0.39, 0.29) is 25.1 Å². The lowest BCUT2D eigenvalue weighted by Crippen LogP contribution is -2.34. The predicted octanol–water partition coefficient (Wildman–Crippen LogP) is 1.58. The zero-order chi connectivity index (χ0) is 19.4. The summed E-state index contributed by atoms with van der Waals surface area (Å²) >= 11 is 1.34. The summed E-state index contributed by atoms with van der Waals surface area (Å²) in [5.74, 6) is 1.33. The highest BCUT2D eigenvalue weighted by Gasteiger charge is 2.29. The fourth-order valence-electron chi connectivity index (χ4n) is 3.12. The molecule has 0 aliphatic carbocycles. The average Bonchev–Trinajstić information content (AvgIpc) is 3.14. The summed E-state index contributed by atoms with van der Waals surface area (Å²) in [6, 6.07) is 7.24. The van der Waals surface area contributed by atoms with Crippen LogP contribution in [0.3, 0.4) is 0 Å². The molecule has 3 N–H and O–H groups in total. The van der Waals surface area contributed by atoms with Crippen molar-refractivity contribution in [2.75, 3.05) is 32.9 Å². The van der Waals surface area contributed by atoms with E-state index >= 15 is 0 Å². The van der Waals surface area contributed by atoms with Crippen LogP contribution in [0.4, 0.5) is 0 Å². The number of aryl methyl sites for hydroxylation is 1. The number of aromatic nitrogens is 3. The highest BCUT2D eigenvalue weighted by Crippen LogP contribution is 2.40. The zero-order valence-electron chi connectivity index (χ0n) is 15.4. The Morgan fingerprint density at radius 3 is 2.63 bits per heavy atom. The molecule has 1 aromatic carbocycles.